The first kappa shape index (κ1) is 26.7. The number of carbonyl (C=O) groups excluding carboxylic acids is 3. The molecule has 9 nitrogen and oxygen atoms in total. The largest absolute Gasteiger partial charge is 0.497 e. The average Bonchev–Trinajstić information content (AvgIpc) is 3.25. The van der Waals surface area contributed by atoms with E-state index in [9.17, 15) is 14.4 Å². The van der Waals surface area contributed by atoms with Crippen LogP contribution in [0, 0.1) is 6.92 Å². The van der Waals surface area contributed by atoms with Crippen LogP contribution in [0.15, 0.2) is 72.8 Å². The normalized spacial score (nSPS) is 16.6. The number of anilines is 1. The second-order valence-electron chi connectivity index (χ2n) is 8.95. The van der Waals surface area contributed by atoms with Crippen LogP contribution in [0.1, 0.15) is 33.2 Å². The fraction of sp³-hybridized carbons (Fsp3) is 0.276. The minimum Gasteiger partial charge on any atom is -0.497 e. The number of hydrogen-bond donors (Lipinski definition) is 2. The van der Waals surface area contributed by atoms with E-state index in [-0.39, 0.29) is 18.4 Å². The topological polar surface area (TPSA) is 106 Å². The van der Waals surface area contributed by atoms with Crippen LogP contribution in [0.2, 0.25) is 0 Å². The van der Waals surface area contributed by atoms with Gasteiger partial charge in [-0.3, -0.25) is 14.5 Å². The number of nitrogens with zero attached hydrogens (tertiary/aromatic N) is 1. The van der Waals surface area contributed by atoms with Crippen molar-refractivity contribution in [3.8, 4) is 5.75 Å². The molecule has 0 bridgehead atoms. The molecule has 1 fully saturated rings. The predicted molar refractivity (Wildman–Crippen MR) is 142 cm³/mol. The lowest BCUT2D eigenvalue weighted by Gasteiger charge is -2.24. The van der Waals surface area contributed by atoms with Crippen molar-refractivity contribution in [3.05, 3.63) is 95.1 Å². The van der Waals surface area contributed by atoms with E-state index in [0.717, 1.165) is 11.1 Å². The van der Waals surface area contributed by atoms with Gasteiger partial charge in [0.25, 0.3) is 5.91 Å². The van der Waals surface area contributed by atoms with Crippen LogP contribution in [-0.2, 0) is 20.8 Å². The Morgan fingerprint density at radius 1 is 1.00 bits per heavy atom. The molecule has 9 heteroatoms. The number of amides is 3. The molecule has 3 amide bonds. The van der Waals surface area contributed by atoms with Gasteiger partial charge in [-0.05, 0) is 54.4 Å². The molecule has 0 saturated carbocycles. The van der Waals surface area contributed by atoms with Gasteiger partial charge in [-0.2, -0.15) is 0 Å². The monoisotopic (exact) mass is 517 g/mol. The number of hydrogen-bond acceptors (Lipinski definition) is 6. The molecule has 1 heterocycles. The second kappa shape index (κ2) is 12.2. The zero-order chi connectivity index (χ0) is 27.1. The minimum absolute atomic E-state index is 0.166. The van der Waals surface area contributed by atoms with Crippen molar-refractivity contribution in [2.24, 2.45) is 0 Å². The summed E-state index contributed by atoms with van der Waals surface area (Å²) in [5.74, 6) is 0.0680. The number of cyclic esters (lactones) is 1. The Morgan fingerprint density at radius 3 is 2.42 bits per heavy atom. The van der Waals surface area contributed by atoms with E-state index in [1.807, 2.05) is 43.3 Å². The van der Waals surface area contributed by atoms with Crippen LogP contribution in [0.3, 0.4) is 0 Å². The Hall–Kier alpha value is -4.37. The molecule has 0 aliphatic carbocycles. The Labute approximate surface area is 221 Å². The lowest BCUT2D eigenvalue weighted by atomic mass is 10.00. The number of benzene rings is 3. The maximum atomic E-state index is 13.2. The Kier molecular flexibility index (Phi) is 8.60. The summed E-state index contributed by atoms with van der Waals surface area (Å²) in [5.41, 5.74) is 3.62. The van der Waals surface area contributed by atoms with Crippen molar-refractivity contribution in [2.75, 3.05) is 32.7 Å². The van der Waals surface area contributed by atoms with Gasteiger partial charge >= 0.3 is 6.09 Å². The van der Waals surface area contributed by atoms with Gasteiger partial charge in [0, 0.05) is 24.9 Å². The molecule has 0 unspecified atom stereocenters. The molecule has 1 aliphatic heterocycles. The van der Waals surface area contributed by atoms with Crippen LogP contribution in [-0.4, -0.2) is 56.2 Å². The van der Waals surface area contributed by atoms with E-state index in [1.54, 1.807) is 50.6 Å². The number of rotatable bonds is 10. The molecule has 1 aliphatic rings. The van der Waals surface area contributed by atoms with Crippen molar-refractivity contribution in [3.63, 3.8) is 0 Å². The number of carbonyl (C=O) groups is 3. The number of ether oxygens (including phenoxy) is 3. The van der Waals surface area contributed by atoms with E-state index in [1.165, 1.54) is 4.90 Å². The molecule has 4 rings (SSSR count). The SMILES string of the molecule is COCCNC(=O)[C@@H]1[C@@H](c2ccc(NC(=O)c3ccc(C)cc3)cc2)OC(=O)N1Cc1cccc(OC)c1. The van der Waals surface area contributed by atoms with Gasteiger partial charge in [0.2, 0.25) is 5.91 Å². The van der Waals surface area contributed by atoms with Crippen LogP contribution in [0.5, 0.6) is 5.75 Å². The highest BCUT2D eigenvalue weighted by molar-refractivity contribution is 6.04. The summed E-state index contributed by atoms with van der Waals surface area (Å²) in [4.78, 5) is 40.2. The number of nitrogens with one attached hydrogen (secondary N) is 2. The van der Waals surface area contributed by atoms with Crippen molar-refractivity contribution < 1.29 is 28.6 Å². The van der Waals surface area contributed by atoms with Crippen LogP contribution >= 0.6 is 0 Å². The third-order valence-electron chi connectivity index (χ3n) is 6.26. The zero-order valence-electron chi connectivity index (χ0n) is 21.6. The Bertz CT molecular complexity index is 1280. The quantitative estimate of drug-likeness (QED) is 0.393. The third-order valence-corrected chi connectivity index (χ3v) is 6.26. The van der Waals surface area contributed by atoms with Gasteiger partial charge < -0.3 is 24.8 Å². The first-order valence-electron chi connectivity index (χ1n) is 12.2. The van der Waals surface area contributed by atoms with Gasteiger partial charge in [-0.15, -0.1) is 0 Å². The molecule has 3 aromatic carbocycles. The molecule has 0 aromatic heterocycles. The molecular weight excluding hydrogens is 486 g/mol. The molecule has 38 heavy (non-hydrogen) atoms. The summed E-state index contributed by atoms with van der Waals surface area (Å²) in [6.45, 7) is 2.76. The third kappa shape index (κ3) is 6.30. The first-order chi connectivity index (χ1) is 18.4. The molecule has 2 atom stereocenters. The van der Waals surface area contributed by atoms with Gasteiger partial charge in [-0.25, -0.2) is 4.79 Å². The summed E-state index contributed by atoms with van der Waals surface area (Å²) >= 11 is 0. The maximum Gasteiger partial charge on any atom is 0.411 e. The van der Waals surface area contributed by atoms with E-state index in [4.69, 9.17) is 14.2 Å². The van der Waals surface area contributed by atoms with Gasteiger partial charge in [0.05, 0.1) is 20.3 Å². The van der Waals surface area contributed by atoms with Crippen molar-refractivity contribution in [2.45, 2.75) is 25.6 Å². The maximum absolute atomic E-state index is 13.2. The zero-order valence-corrected chi connectivity index (χ0v) is 21.6. The molecule has 198 valence electrons. The smallest absolute Gasteiger partial charge is 0.411 e. The molecule has 3 aromatic rings. The van der Waals surface area contributed by atoms with Crippen molar-refractivity contribution in [1.29, 1.82) is 0 Å². The van der Waals surface area contributed by atoms with E-state index in [2.05, 4.69) is 10.6 Å². The standard InChI is InChI=1S/C29H31N3O6/c1-19-7-9-22(10-8-19)27(33)31-23-13-11-21(12-14-23)26-25(28(34)30-15-16-36-2)32(29(35)38-26)18-20-5-4-6-24(17-20)37-3/h4-14,17,25-26H,15-16,18H2,1-3H3,(H,30,34)(H,31,33)/t25-,26+/m0/s1. The highest BCUT2D eigenvalue weighted by Crippen LogP contribution is 2.35. The van der Waals surface area contributed by atoms with Gasteiger partial charge in [0.15, 0.2) is 12.1 Å². The van der Waals surface area contributed by atoms with E-state index in [0.29, 0.717) is 35.7 Å². The Balaban J connectivity index is 1.54. The highest BCUT2D eigenvalue weighted by atomic mass is 16.6. The Morgan fingerprint density at radius 2 is 1.74 bits per heavy atom. The molecular formula is C29H31N3O6. The summed E-state index contributed by atoms with van der Waals surface area (Å²) < 4.78 is 16.0. The average molecular weight is 518 g/mol. The van der Waals surface area contributed by atoms with Crippen molar-refractivity contribution >= 4 is 23.6 Å². The van der Waals surface area contributed by atoms with Crippen molar-refractivity contribution in [1.82, 2.24) is 10.2 Å². The van der Waals surface area contributed by atoms with Crippen LogP contribution in [0.25, 0.3) is 0 Å². The van der Waals surface area contributed by atoms with Gasteiger partial charge in [0.1, 0.15) is 5.75 Å². The summed E-state index contributed by atoms with van der Waals surface area (Å²) in [7, 11) is 3.11. The lowest BCUT2D eigenvalue weighted by Crippen LogP contribution is -2.47. The predicted octanol–water partition coefficient (Wildman–Crippen LogP) is 4.08. The van der Waals surface area contributed by atoms with Crippen LogP contribution < -0.4 is 15.4 Å². The van der Waals surface area contributed by atoms with Gasteiger partial charge in [-0.1, -0.05) is 42.0 Å². The number of methoxy groups -OCH3 is 2. The molecule has 0 radical (unpaired) electrons. The van der Waals surface area contributed by atoms with Crippen LogP contribution in [0.4, 0.5) is 10.5 Å². The lowest BCUT2D eigenvalue weighted by molar-refractivity contribution is -0.126. The molecule has 2 N–H and O–H groups in total. The molecule has 0 spiro atoms. The fourth-order valence-corrected chi connectivity index (χ4v) is 4.22. The molecule has 1 saturated heterocycles. The van der Waals surface area contributed by atoms with E-state index < -0.39 is 18.2 Å². The second-order valence-corrected chi connectivity index (χ2v) is 8.95. The fourth-order valence-electron chi connectivity index (χ4n) is 4.22. The summed E-state index contributed by atoms with van der Waals surface area (Å²) in [5, 5.41) is 5.69. The first-order valence-corrected chi connectivity index (χ1v) is 12.2. The summed E-state index contributed by atoms with van der Waals surface area (Å²) in [6.07, 6.45) is -1.43. The van der Waals surface area contributed by atoms with E-state index >= 15 is 0 Å². The highest BCUT2D eigenvalue weighted by Gasteiger charge is 2.46. The minimum atomic E-state index is -0.904. The summed E-state index contributed by atoms with van der Waals surface area (Å²) in [6, 6.07) is 20.6. The number of aryl methyl sites for hydroxylation is 1.